The summed E-state index contributed by atoms with van der Waals surface area (Å²) in [5.41, 5.74) is 5.71. The van der Waals surface area contributed by atoms with Gasteiger partial charge in [-0.25, -0.2) is 4.99 Å². The lowest BCUT2D eigenvalue weighted by Crippen LogP contribution is -2.34. The summed E-state index contributed by atoms with van der Waals surface area (Å²) in [6.07, 6.45) is 5.47. The van der Waals surface area contributed by atoms with Gasteiger partial charge in [-0.2, -0.15) is 8.78 Å². The van der Waals surface area contributed by atoms with Gasteiger partial charge >= 0.3 is 6.55 Å². The Hall–Kier alpha value is -3.56. The van der Waals surface area contributed by atoms with Crippen LogP contribution >= 0.6 is 0 Å². The summed E-state index contributed by atoms with van der Waals surface area (Å²) >= 11 is 0. The lowest BCUT2D eigenvalue weighted by atomic mass is 9.96. The van der Waals surface area contributed by atoms with Crippen molar-refractivity contribution in [2.45, 2.75) is 38.8 Å². The second-order valence-corrected chi connectivity index (χ2v) is 7.27. The van der Waals surface area contributed by atoms with Crippen LogP contribution in [0.3, 0.4) is 0 Å². The van der Waals surface area contributed by atoms with Gasteiger partial charge in [-0.15, -0.1) is 0 Å². The van der Waals surface area contributed by atoms with Crippen LogP contribution in [0.2, 0.25) is 0 Å². The van der Waals surface area contributed by atoms with E-state index >= 15 is 0 Å². The molecule has 8 nitrogen and oxygen atoms in total. The van der Waals surface area contributed by atoms with E-state index in [0.29, 0.717) is 25.0 Å². The number of rotatable bonds is 2. The number of aliphatic imine (C=N–C) groups is 1. The Labute approximate surface area is 177 Å². The fraction of sp³-hybridized carbons (Fsp3) is 0.333. The number of amides is 1. The minimum Gasteiger partial charge on any atom is -0.508 e. The van der Waals surface area contributed by atoms with Gasteiger partial charge in [0, 0.05) is 36.1 Å². The van der Waals surface area contributed by atoms with Gasteiger partial charge in [0.1, 0.15) is 5.75 Å². The first-order chi connectivity index (χ1) is 14.8. The van der Waals surface area contributed by atoms with Crippen molar-refractivity contribution in [1.82, 2.24) is 14.9 Å². The lowest BCUT2D eigenvalue weighted by Gasteiger charge is -2.23. The number of halogens is 2. The number of allylic oxidation sites excluding steroid dienone is 1. The molecule has 2 atom stereocenters. The van der Waals surface area contributed by atoms with Gasteiger partial charge in [-0.3, -0.25) is 14.6 Å². The molecule has 4 N–H and O–H groups in total. The van der Waals surface area contributed by atoms with Crippen molar-refractivity contribution < 1.29 is 18.7 Å². The van der Waals surface area contributed by atoms with E-state index in [2.05, 4.69) is 15.3 Å². The number of nitrogens with zero attached hydrogens (tertiary/aromatic N) is 3. The Morgan fingerprint density at radius 2 is 2.10 bits per heavy atom. The molecule has 0 spiro atoms. The Morgan fingerprint density at radius 3 is 2.77 bits per heavy atom. The van der Waals surface area contributed by atoms with Crippen LogP contribution in [0.4, 0.5) is 8.78 Å². The van der Waals surface area contributed by atoms with E-state index in [-0.39, 0.29) is 28.6 Å². The van der Waals surface area contributed by atoms with Crippen LogP contribution in [0.5, 0.6) is 5.75 Å². The molecule has 31 heavy (non-hydrogen) atoms. The number of aromatic hydroxyl groups is 1. The van der Waals surface area contributed by atoms with Crippen molar-refractivity contribution in [2.75, 3.05) is 0 Å². The molecule has 0 saturated heterocycles. The highest BCUT2D eigenvalue weighted by atomic mass is 19.3. The summed E-state index contributed by atoms with van der Waals surface area (Å²) in [7, 11) is 0. The summed E-state index contributed by atoms with van der Waals surface area (Å²) in [4.78, 5) is 32.8. The predicted molar refractivity (Wildman–Crippen MR) is 111 cm³/mol. The Kier molecular flexibility index (Phi) is 6.78. The first-order valence-electron chi connectivity index (χ1n) is 9.76. The minimum atomic E-state index is -3.03. The first kappa shape index (κ1) is 22.1. The number of alkyl halides is 2. The fourth-order valence-electron chi connectivity index (χ4n) is 3.53. The standard InChI is InChI=1S/C21H23F2N5O3/c1-12-3-2-4-17(28-8-6-14(29)10-18(28)30)15-9-13(5-7-25-15)19(27-21(22)23)16(11-24)26-20(12)31/h5-12,17,21,29H,2-4,24H2,1H3,(H,26,31). The maximum absolute atomic E-state index is 13.2. The van der Waals surface area contributed by atoms with E-state index in [4.69, 9.17) is 5.73 Å². The van der Waals surface area contributed by atoms with Crippen LogP contribution in [-0.2, 0) is 4.79 Å². The van der Waals surface area contributed by atoms with Crippen LogP contribution in [0.25, 0.3) is 0 Å². The predicted octanol–water partition coefficient (Wildman–Crippen LogP) is 2.29. The molecular formula is C21H23F2N5O3. The smallest absolute Gasteiger partial charge is 0.332 e. The Bertz CT molecular complexity index is 1080. The molecule has 2 aromatic heterocycles. The number of nitrogens with one attached hydrogen (secondary N) is 1. The average Bonchev–Trinajstić information content (AvgIpc) is 2.73. The second-order valence-electron chi connectivity index (χ2n) is 7.27. The van der Waals surface area contributed by atoms with E-state index in [1.165, 1.54) is 29.1 Å². The second kappa shape index (κ2) is 9.50. The van der Waals surface area contributed by atoms with Gasteiger partial charge in [0.2, 0.25) is 5.91 Å². The highest BCUT2D eigenvalue weighted by Gasteiger charge is 2.24. The summed E-state index contributed by atoms with van der Waals surface area (Å²) in [5, 5.41) is 12.2. The zero-order chi connectivity index (χ0) is 22.5. The zero-order valence-electron chi connectivity index (χ0n) is 16.8. The first-order valence-corrected chi connectivity index (χ1v) is 9.76. The fourth-order valence-corrected chi connectivity index (χ4v) is 3.53. The monoisotopic (exact) mass is 431 g/mol. The molecule has 0 saturated carbocycles. The van der Waals surface area contributed by atoms with E-state index in [9.17, 15) is 23.5 Å². The molecule has 0 radical (unpaired) electrons. The van der Waals surface area contributed by atoms with Crippen molar-refractivity contribution in [3.63, 3.8) is 0 Å². The zero-order valence-corrected chi connectivity index (χ0v) is 16.8. The third-order valence-electron chi connectivity index (χ3n) is 5.13. The van der Waals surface area contributed by atoms with Gasteiger partial charge < -0.3 is 20.7 Å². The number of fused-ring (bicyclic) bond motifs is 2. The quantitative estimate of drug-likeness (QED) is 0.630. The molecule has 1 aliphatic rings. The van der Waals surface area contributed by atoms with Crippen LogP contribution in [0, 0.1) is 5.92 Å². The lowest BCUT2D eigenvalue weighted by molar-refractivity contribution is -0.123. The molecule has 2 aromatic rings. The third-order valence-corrected chi connectivity index (χ3v) is 5.13. The number of hydrogen-bond acceptors (Lipinski definition) is 6. The highest BCUT2D eigenvalue weighted by molar-refractivity contribution is 6.14. The van der Waals surface area contributed by atoms with Gasteiger partial charge in [0.05, 0.1) is 23.1 Å². The third kappa shape index (κ3) is 5.14. The number of carbonyl (C=O) groups is 1. The number of hydrogen-bond donors (Lipinski definition) is 3. The van der Waals surface area contributed by atoms with Crippen molar-refractivity contribution in [2.24, 2.45) is 16.6 Å². The van der Waals surface area contributed by atoms with Crippen LogP contribution in [-0.4, -0.2) is 32.8 Å². The summed E-state index contributed by atoms with van der Waals surface area (Å²) in [6.45, 7) is -1.31. The van der Waals surface area contributed by atoms with Crippen molar-refractivity contribution in [3.8, 4) is 5.75 Å². The van der Waals surface area contributed by atoms with Gasteiger partial charge in [0.15, 0.2) is 0 Å². The topological polar surface area (TPSA) is 123 Å². The van der Waals surface area contributed by atoms with Gasteiger partial charge in [-0.05, 0) is 31.0 Å². The van der Waals surface area contributed by atoms with Crippen molar-refractivity contribution in [1.29, 1.82) is 0 Å². The molecule has 0 aliphatic carbocycles. The molecule has 2 unspecified atom stereocenters. The highest BCUT2D eigenvalue weighted by Crippen LogP contribution is 2.26. The minimum absolute atomic E-state index is 0.0341. The summed E-state index contributed by atoms with van der Waals surface area (Å²) < 4.78 is 27.8. The molecule has 3 rings (SSSR count). The molecule has 10 heteroatoms. The molecule has 3 heterocycles. The van der Waals surface area contributed by atoms with Crippen molar-refractivity contribution >= 4 is 11.6 Å². The van der Waals surface area contributed by atoms with Gasteiger partial charge in [0.25, 0.3) is 5.56 Å². The molecule has 0 aromatic carbocycles. The average molecular weight is 431 g/mol. The molecule has 0 fully saturated rings. The summed E-state index contributed by atoms with van der Waals surface area (Å²) in [6, 6.07) is 4.98. The number of pyridine rings is 2. The van der Waals surface area contributed by atoms with E-state index in [1.807, 2.05) is 0 Å². The van der Waals surface area contributed by atoms with E-state index in [1.54, 1.807) is 13.0 Å². The van der Waals surface area contributed by atoms with Crippen molar-refractivity contribution in [3.05, 3.63) is 70.2 Å². The summed E-state index contributed by atoms with van der Waals surface area (Å²) in [5.74, 6) is -0.956. The molecule has 164 valence electrons. The molecule has 2 bridgehead atoms. The van der Waals surface area contributed by atoms with Gasteiger partial charge in [-0.1, -0.05) is 13.3 Å². The van der Waals surface area contributed by atoms with E-state index in [0.717, 1.165) is 12.3 Å². The maximum Gasteiger partial charge on any atom is 0.332 e. The Morgan fingerprint density at radius 1 is 1.32 bits per heavy atom. The SMILES string of the molecule is CC1CCCC(n2ccc(O)cc2=O)c2cc(ccn2)C(=NC(F)F)C(=CN)NC1=O. The molecule has 1 amide bonds. The van der Waals surface area contributed by atoms with Crippen LogP contribution in [0.15, 0.2) is 58.3 Å². The molecular weight excluding hydrogens is 408 g/mol. The van der Waals surface area contributed by atoms with E-state index < -0.39 is 24.1 Å². The largest absolute Gasteiger partial charge is 0.508 e. The van der Waals surface area contributed by atoms with Crippen LogP contribution < -0.4 is 16.6 Å². The molecule has 1 aliphatic heterocycles. The maximum atomic E-state index is 13.2. The Balaban J connectivity index is 2.19. The van der Waals surface area contributed by atoms with Crippen LogP contribution in [0.1, 0.15) is 43.5 Å². The number of carbonyl (C=O) groups excluding carboxylic acids is 1. The normalized spacial score (nSPS) is 22.8. The number of nitrogens with two attached hydrogens (primary N) is 1. The number of aromatic nitrogens is 2.